The number of carboxylic acids is 1. The Labute approximate surface area is 246 Å². The molecule has 0 bridgehead atoms. The highest BCUT2D eigenvalue weighted by atomic mass is 35.5. The SMILES string of the molecule is O=C(N[C@H](Cc1ccc(O)cc1)C(=O)O)c1nn(-c2ccc(Cl)cc2Cl)c2c1CCCCC2Cc1ccc(F)cc1. The van der Waals surface area contributed by atoms with E-state index in [0.29, 0.717) is 34.1 Å². The topological polar surface area (TPSA) is 104 Å². The number of rotatable bonds is 8. The molecule has 1 heterocycles. The van der Waals surface area contributed by atoms with Gasteiger partial charge in [-0.3, -0.25) is 4.79 Å². The number of aromatic hydroxyl groups is 1. The standard InChI is InChI=1S/C31H28Cl2FN3O4/c32-21-9-14-27(25(33)17-21)37-29-20(15-18-5-10-22(34)11-6-18)3-1-2-4-24(29)28(36-37)30(39)35-26(31(40)41)16-19-7-12-23(38)13-8-19/h5-14,17,20,26,38H,1-4,15-16H2,(H,35,39)(H,40,41)/t20?,26-/m1/s1. The molecule has 3 N–H and O–H groups in total. The predicted molar refractivity (Wildman–Crippen MR) is 155 cm³/mol. The number of amides is 1. The molecule has 0 spiro atoms. The third-order valence-electron chi connectivity index (χ3n) is 7.37. The van der Waals surface area contributed by atoms with Crippen LogP contribution in [0, 0.1) is 5.82 Å². The highest BCUT2D eigenvalue weighted by molar-refractivity contribution is 6.35. The van der Waals surface area contributed by atoms with E-state index in [1.54, 1.807) is 47.1 Å². The first-order valence-electron chi connectivity index (χ1n) is 13.3. The second kappa shape index (κ2) is 12.3. The first-order chi connectivity index (χ1) is 19.7. The van der Waals surface area contributed by atoms with Gasteiger partial charge >= 0.3 is 5.97 Å². The van der Waals surface area contributed by atoms with Crippen molar-refractivity contribution in [2.45, 2.75) is 50.5 Å². The predicted octanol–water partition coefficient (Wildman–Crippen LogP) is 6.50. The van der Waals surface area contributed by atoms with Gasteiger partial charge in [0.15, 0.2) is 5.69 Å². The fraction of sp³-hybridized carbons (Fsp3) is 0.258. The Morgan fingerprint density at radius 2 is 1.73 bits per heavy atom. The van der Waals surface area contributed by atoms with Gasteiger partial charge in [0.1, 0.15) is 17.6 Å². The Morgan fingerprint density at radius 1 is 1.02 bits per heavy atom. The van der Waals surface area contributed by atoms with Crippen LogP contribution < -0.4 is 5.32 Å². The van der Waals surface area contributed by atoms with Crippen LogP contribution in [0.3, 0.4) is 0 Å². The van der Waals surface area contributed by atoms with Crippen LogP contribution >= 0.6 is 23.2 Å². The average molecular weight is 596 g/mol. The minimum atomic E-state index is -1.22. The lowest BCUT2D eigenvalue weighted by Gasteiger charge is -2.19. The first kappa shape index (κ1) is 28.6. The van der Waals surface area contributed by atoms with Crippen LogP contribution in [0.4, 0.5) is 4.39 Å². The first-order valence-corrected chi connectivity index (χ1v) is 14.1. The molecule has 1 unspecified atom stereocenters. The van der Waals surface area contributed by atoms with Crippen LogP contribution in [-0.4, -0.2) is 37.9 Å². The lowest BCUT2D eigenvalue weighted by Crippen LogP contribution is -2.42. The number of aromatic nitrogens is 2. The Hall–Kier alpha value is -3.88. The van der Waals surface area contributed by atoms with Gasteiger partial charge in [0, 0.05) is 22.9 Å². The minimum absolute atomic E-state index is 0.0282. The zero-order valence-corrected chi connectivity index (χ0v) is 23.5. The zero-order valence-electron chi connectivity index (χ0n) is 22.0. The highest BCUT2D eigenvalue weighted by Crippen LogP contribution is 2.38. The summed E-state index contributed by atoms with van der Waals surface area (Å²) in [5.74, 6) is -2.09. The number of hydrogen-bond acceptors (Lipinski definition) is 4. The van der Waals surface area contributed by atoms with Crippen molar-refractivity contribution in [3.63, 3.8) is 0 Å². The van der Waals surface area contributed by atoms with E-state index in [1.807, 2.05) is 0 Å². The maximum atomic E-state index is 13.7. The van der Waals surface area contributed by atoms with Crippen LogP contribution in [0.2, 0.25) is 10.0 Å². The summed E-state index contributed by atoms with van der Waals surface area (Å²) in [5, 5.41) is 27.6. The number of hydrogen-bond donors (Lipinski definition) is 3. The number of nitrogens with one attached hydrogen (secondary N) is 1. The van der Waals surface area contributed by atoms with Crippen molar-refractivity contribution in [1.29, 1.82) is 0 Å². The minimum Gasteiger partial charge on any atom is -0.508 e. The summed E-state index contributed by atoms with van der Waals surface area (Å²) in [6.45, 7) is 0. The number of aliphatic carboxylic acids is 1. The number of phenolic OH excluding ortho intramolecular Hbond substituents is 1. The van der Waals surface area contributed by atoms with Crippen molar-refractivity contribution in [2.24, 2.45) is 0 Å². The molecule has 5 rings (SSSR count). The van der Waals surface area contributed by atoms with Gasteiger partial charge in [0.2, 0.25) is 0 Å². The summed E-state index contributed by atoms with van der Waals surface area (Å²) in [4.78, 5) is 25.8. The Kier molecular flexibility index (Phi) is 8.61. The maximum Gasteiger partial charge on any atom is 0.326 e. The molecule has 0 radical (unpaired) electrons. The molecule has 0 saturated carbocycles. The highest BCUT2D eigenvalue weighted by Gasteiger charge is 2.32. The third kappa shape index (κ3) is 6.55. The molecule has 212 valence electrons. The van der Waals surface area contributed by atoms with E-state index in [9.17, 15) is 24.2 Å². The summed E-state index contributed by atoms with van der Waals surface area (Å²) in [6.07, 6.45) is 3.77. The summed E-state index contributed by atoms with van der Waals surface area (Å²) in [5.41, 5.74) is 3.86. The molecule has 2 atom stereocenters. The van der Waals surface area contributed by atoms with E-state index >= 15 is 0 Å². The molecule has 1 aliphatic carbocycles. The van der Waals surface area contributed by atoms with Crippen molar-refractivity contribution in [2.75, 3.05) is 0 Å². The van der Waals surface area contributed by atoms with Gasteiger partial charge in [-0.2, -0.15) is 5.10 Å². The van der Waals surface area contributed by atoms with Gasteiger partial charge in [0.05, 0.1) is 16.4 Å². The third-order valence-corrected chi connectivity index (χ3v) is 7.91. The van der Waals surface area contributed by atoms with Gasteiger partial charge in [-0.1, -0.05) is 53.9 Å². The van der Waals surface area contributed by atoms with E-state index < -0.39 is 17.9 Å². The van der Waals surface area contributed by atoms with Crippen molar-refractivity contribution in [1.82, 2.24) is 15.1 Å². The molecule has 10 heteroatoms. The average Bonchev–Trinajstić information content (AvgIpc) is 3.19. The number of carbonyl (C=O) groups is 2. The molecule has 7 nitrogen and oxygen atoms in total. The molecule has 0 saturated heterocycles. The number of nitrogens with zero attached hydrogens (tertiary/aromatic N) is 2. The summed E-state index contributed by atoms with van der Waals surface area (Å²) in [6, 6.07) is 16.4. The second-order valence-electron chi connectivity index (χ2n) is 10.2. The van der Waals surface area contributed by atoms with Crippen LogP contribution in [0.15, 0.2) is 66.7 Å². The van der Waals surface area contributed by atoms with E-state index in [2.05, 4.69) is 5.32 Å². The Bertz CT molecular complexity index is 1570. The van der Waals surface area contributed by atoms with Crippen molar-refractivity contribution < 1.29 is 24.2 Å². The summed E-state index contributed by atoms with van der Waals surface area (Å²) >= 11 is 12.8. The summed E-state index contributed by atoms with van der Waals surface area (Å²) < 4.78 is 15.3. The number of halogens is 3. The van der Waals surface area contributed by atoms with Crippen LogP contribution in [-0.2, 0) is 24.1 Å². The maximum absolute atomic E-state index is 13.7. The zero-order chi connectivity index (χ0) is 29.1. The van der Waals surface area contributed by atoms with Gasteiger partial charge in [-0.15, -0.1) is 0 Å². The number of phenols is 1. The van der Waals surface area contributed by atoms with Gasteiger partial charge in [0.25, 0.3) is 5.91 Å². The summed E-state index contributed by atoms with van der Waals surface area (Å²) in [7, 11) is 0. The number of carboxylic acid groups (broad SMARTS) is 1. The molecule has 0 fully saturated rings. The molecular formula is C31H28Cl2FN3O4. The monoisotopic (exact) mass is 595 g/mol. The molecule has 1 amide bonds. The van der Waals surface area contributed by atoms with E-state index in [1.165, 1.54) is 24.3 Å². The fourth-order valence-corrected chi connectivity index (χ4v) is 5.86. The normalized spacial score (nSPS) is 15.5. The van der Waals surface area contributed by atoms with E-state index in [0.717, 1.165) is 36.1 Å². The van der Waals surface area contributed by atoms with Crippen molar-refractivity contribution in [3.05, 3.63) is 111 Å². The van der Waals surface area contributed by atoms with E-state index in [4.69, 9.17) is 28.3 Å². The molecule has 0 aliphatic heterocycles. The molecule has 4 aromatic rings. The van der Waals surface area contributed by atoms with Crippen LogP contribution in [0.5, 0.6) is 5.75 Å². The van der Waals surface area contributed by atoms with Gasteiger partial charge in [-0.05, 0) is 79.3 Å². The van der Waals surface area contributed by atoms with Crippen molar-refractivity contribution in [3.8, 4) is 11.4 Å². The lowest BCUT2D eigenvalue weighted by atomic mass is 9.90. The number of fused-ring (bicyclic) bond motifs is 1. The Balaban J connectivity index is 1.55. The molecule has 1 aromatic heterocycles. The van der Waals surface area contributed by atoms with Crippen LogP contribution in [0.25, 0.3) is 5.69 Å². The fourth-order valence-electron chi connectivity index (χ4n) is 5.38. The molecule has 1 aliphatic rings. The van der Waals surface area contributed by atoms with Crippen LogP contribution in [0.1, 0.15) is 58.1 Å². The van der Waals surface area contributed by atoms with E-state index in [-0.39, 0.29) is 29.6 Å². The molecule has 3 aromatic carbocycles. The number of carbonyl (C=O) groups excluding carboxylic acids is 1. The van der Waals surface area contributed by atoms with Crippen molar-refractivity contribution >= 4 is 35.1 Å². The number of benzene rings is 3. The van der Waals surface area contributed by atoms with Gasteiger partial charge < -0.3 is 15.5 Å². The Morgan fingerprint density at radius 3 is 2.41 bits per heavy atom. The lowest BCUT2D eigenvalue weighted by molar-refractivity contribution is -0.139. The largest absolute Gasteiger partial charge is 0.508 e. The second-order valence-corrected chi connectivity index (χ2v) is 11.1. The molecule has 41 heavy (non-hydrogen) atoms. The molecular weight excluding hydrogens is 568 g/mol. The smallest absolute Gasteiger partial charge is 0.326 e. The quantitative estimate of drug-likeness (QED) is 0.202. The van der Waals surface area contributed by atoms with Gasteiger partial charge in [-0.25, -0.2) is 13.9 Å².